The van der Waals surface area contributed by atoms with Gasteiger partial charge in [-0.2, -0.15) is 0 Å². The first-order valence-corrected chi connectivity index (χ1v) is 10.2. The van der Waals surface area contributed by atoms with Crippen molar-refractivity contribution in [2.45, 2.75) is 51.0 Å². The van der Waals surface area contributed by atoms with Crippen LogP contribution in [0.25, 0.3) is 6.08 Å². The first-order chi connectivity index (χ1) is 13.6. The highest BCUT2D eigenvalue weighted by Crippen LogP contribution is 2.51. The van der Waals surface area contributed by atoms with Crippen LogP contribution in [-0.4, -0.2) is 30.5 Å². The topological polar surface area (TPSA) is 42.7 Å². The van der Waals surface area contributed by atoms with Gasteiger partial charge in [0.2, 0.25) is 5.91 Å². The first-order valence-electron chi connectivity index (χ1n) is 10.2. The monoisotopic (exact) mass is 379 g/mol. The van der Waals surface area contributed by atoms with Crippen molar-refractivity contribution < 1.29 is 13.9 Å². The molecule has 2 aliphatic rings. The Labute approximate surface area is 167 Å². The Hall–Kier alpha value is -2.49. The van der Waals surface area contributed by atoms with Gasteiger partial charge in [0.15, 0.2) is 0 Å². The second-order valence-corrected chi connectivity index (χ2v) is 8.26. The van der Waals surface area contributed by atoms with Gasteiger partial charge >= 0.3 is 0 Å². The van der Waals surface area contributed by atoms with Crippen LogP contribution in [0.15, 0.2) is 47.3 Å². The average Bonchev–Trinajstić information content (AvgIpc) is 3.21. The summed E-state index contributed by atoms with van der Waals surface area (Å²) in [7, 11) is 1.72. The summed E-state index contributed by atoms with van der Waals surface area (Å²) in [5, 5.41) is 0. The van der Waals surface area contributed by atoms with Crippen LogP contribution >= 0.6 is 0 Å². The highest BCUT2D eigenvalue weighted by Gasteiger charge is 2.50. The molecule has 1 saturated carbocycles. The molecule has 2 aromatic rings. The van der Waals surface area contributed by atoms with Gasteiger partial charge < -0.3 is 14.1 Å². The third kappa shape index (κ3) is 3.15. The smallest absolute Gasteiger partial charge is 0.246 e. The van der Waals surface area contributed by atoms with E-state index >= 15 is 0 Å². The average molecular weight is 380 g/mol. The summed E-state index contributed by atoms with van der Waals surface area (Å²) in [5.41, 5.74) is 3.65. The lowest BCUT2D eigenvalue weighted by atomic mass is 9.56. The first kappa shape index (κ1) is 18.9. The second kappa shape index (κ2) is 7.50. The largest absolute Gasteiger partial charge is 0.497 e. The number of likely N-dealkylation sites (N-methyl/N-ethyl adjacent to an activating group) is 1. The maximum Gasteiger partial charge on any atom is 0.246 e. The number of benzene rings is 1. The maximum absolute atomic E-state index is 13.2. The molecule has 0 saturated heterocycles. The Morgan fingerprint density at radius 2 is 2.25 bits per heavy atom. The molecule has 0 spiro atoms. The molecule has 0 N–H and O–H groups in total. The van der Waals surface area contributed by atoms with E-state index in [1.165, 1.54) is 24.0 Å². The maximum atomic E-state index is 13.2. The molecule has 2 bridgehead atoms. The third-order valence-electron chi connectivity index (χ3n) is 6.71. The minimum atomic E-state index is -0.0415. The van der Waals surface area contributed by atoms with Gasteiger partial charge in [0.1, 0.15) is 5.75 Å². The van der Waals surface area contributed by atoms with Crippen molar-refractivity contribution in [1.29, 1.82) is 0 Å². The van der Waals surface area contributed by atoms with E-state index in [-0.39, 0.29) is 17.4 Å². The number of rotatable bonds is 5. The lowest BCUT2D eigenvalue weighted by molar-refractivity contribution is -0.132. The molecule has 148 valence electrons. The van der Waals surface area contributed by atoms with Crippen LogP contribution in [-0.2, 0) is 16.6 Å². The number of carbonyl (C=O) groups is 1. The number of fused-ring (bicyclic) bond motifs is 4. The van der Waals surface area contributed by atoms with Crippen LogP contribution in [0, 0.1) is 5.92 Å². The van der Waals surface area contributed by atoms with Gasteiger partial charge in [0.25, 0.3) is 0 Å². The number of methoxy groups -OCH3 is 1. The van der Waals surface area contributed by atoms with Crippen molar-refractivity contribution in [1.82, 2.24) is 4.90 Å². The molecule has 1 amide bonds. The van der Waals surface area contributed by atoms with Gasteiger partial charge in [-0.25, -0.2) is 0 Å². The van der Waals surface area contributed by atoms with Crippen LogP contribution < -0.4 is 4.74 Å². The Kier molecular flexibility index (Phi) is 5.05. The molecular formula is C24H29NO3. The lowest BCUT2D eigenvalue weighted by Gasteiger charge is -2.55. The summed E-state index contributed by atoms with van der Waals surface area (Å²) in [6, 6.07) is 8.56. The van der Waals surface area contributed by atoms with Gasteiger partial charge in [-0.1, -0.05) is 19.4 Å². The highest BCUT2D eigenvalue weighted by atomic mass is 16.5. The summed E-state index contributed by atoms with van der Waals surface area (Å²) < 4.78 is 10.6. The quantitative estimate of drug-likeness (QED) is 0.699. The number of amides is 1. The summed E-state index contributed by atoms with van der Waals surface area (Å²) >= 11 is 0. The lowest BCUT2D eigenvalue weighted by Crippen LogP contribution is -2.59. The summed E-state index contributed by atoms with van der Waals surface area (Å²) in [4.78, 5) is 15.2. The molecular weight excluding hydrogens is 350 g/mol. The number of hydrogen-bond acceptors (Lipinski definition) is 3. The Bertz CT molecular complexity index is 870. The van der Waals surface area contributed by atoms with Crippen molar-refractivity contribution in [2.24, 2.45) is 5.92 Å². The summed E-state index contributed by atoms with van der Waals surface area (Å²) in [6.07, 6.45) is 11.3. The molecule has 1 fully saturated rings. The predicted octanol–water partition coefficient (Wildman–Crippen LogP) is 4.83. The van der Waals surface area contributed by atoms with Crippen LogP contribution in [0.3, 0.4) is 0 Å². The van der Waals surface area contributed by atoms with E-state index in [1.54, 1.807) is 25.7 Å². The van der Waals surface area contributed by atoms with Crippen molar-refractivity contribution in [3.8, 4) is 5.75 Å². The molecule has 1 aromatic heterocycles. The number of ether oxygens (including phenoxy) is 1. The standard InChI is InChI=1S/C24H29NO3/c1-4-25(22(26)10-7-17-11-13-28-16-17)23-19-6-5-12-24(23,2)21-15-20(27-3)9-8-18(21)14-19/h7-11,13,15-16,19,23H,4-6,12,14H2,1-3H3/b10-7+/t19?,23-,24+/m0/s1. The number of nitrogens with zero attached hydrogens (tertiary/aromatic N) is 1. The minimum Gasteiger partial charge on any atom is -0.497 e. The molecule has 1 heterocycles. The second-order valence-electron chi connectivity index (χ2n) is 8.26. The zero-order chi connectivity index (χ0) is 19.7. The summed E-state index contributed by atoms with van der Waals surface area (Å²) in [6.45, 7) is 5.14. The van der Waals surface area contributed by atoms with Gasteiger partial charge in [-0.15, -0.1) is 0 Å². The van der Waals surface area contributed by atoms with E-state index in [2.05, 4.69) is 36.9 Å². The number of hydrogen-bond donors (Lipinski definition) is 0. The normalized spacial score (nSPS) is 26.1. The molecule has 1 unspecified atom stereocenters. The SMILES string of the molecule is CCN(C(=O)/C=C/c1ccoc1)[C@H]1C2CCC[C@]1(C)c1cc(OC)ccc1C2. The predicted molar refractivity (Wildman–Crippen MR) is 110 cm³/mol. The Balaban J connectivity index is 1.69. The Morgan fingerprint density at radius 1 is 1.39 bits per heavy atom. The molecule has 0 radical (unpaired) electrons. The summed E-state index contributed by atoms with van der Waals surface area (Å²) in [5.74, 6) is 1.49. The van der Waals surface area contributed by atoms with Gasteiger partial charge in [-0.3, -0.25) is 4.79 Å². The van der Waals surface area contributed by atoms with Crippen LogP contribution in [0.4, 0.5) is 0 Å². The van der Waals surface area contributed by atoms with Crippen molar-refractivity contribution in [2.75, 3.05) is 13.7 Å². The van der Waals surface area contributed by atoms with Gasteiger partial charge in [-0.05, 0) is 67.5 Å². The fourth-order valence-corrected chi connectivity index (χ4v) is 5.46. The van der Waals surface area contributed by atoms with E-state index in [0.717, 1.165) is 24.2 Å². The number of carbonyl (C=O) groups excluding carboxylic acids is 1. The molecule has 28 heavy (non-hydrogen) atoms. The van der Waals surface area contributed by atoms with E-state index in [4.69, 9.17) is 9.15 Å². The van der Waals surface area contributed by atoms with Crippen molar-refractivity contribution in [3.05, 3.63) is 59.6 Å². The fourth-order valence-electron chi connectivity index (χ4n) is 5.46. The molecule has 2 aliphatic carbocycles. The van der Waals surface area contributed by atoms with Crippen LogP contribution in [0.1, 0.15) is 49.8 Å². The fraction of sp³-hybridized carbons (Fsp3) is 0.458. The van der Waals surface area contributed by atoms with E-state index < -0.39 is 0 Å². The van der Waals surface area contributed by atoms with Crippen LogP contribution in [0.2, 0.25) is 0 Å². The van der Waals surface area contributed by atoms with E-state index in [9.17, 15) is 4.79 Å². The number of furan rings is 1. The van der Waals surface area contributed by atoms with Crippen molar-refractivity contribution >= 4 is 12.0 Å². The molecule has 3 atom stereocenters. The van der Waals surface area contributed by atoms with Gasteiger partial charge in [0, 0.05) is 29.6 Å². The Morgan fingerprint density at radius 3 is 2.96 bits per heavy atom. The van der Waals surface area contributed by atoms with Crippen molar-refractivity contribution in [3.63, 3.8) is 0 Å². The zero-order valence-corrected chi connectivity index (χ0v) is 17.0. The van der Waals surface area contributed by atoms with E-state index in [0.29, 0.717) is 12.5 Å². The molecule has 1 aromatic carbocycles. The zero-order valence-electron chi connectivity index (χ0n) is 17.0. The molecule has 4 nitrogen and oxygen atoms in total. The third-order valence-corrected chi connectivity index (χ3v) is 6.71. The van der Waals surface area contributed by atoms with Crippen LogP contribution in [0.5, 0.6) is 5.75 Å². The molecule has 0 aliphatic heterocycles. The molecule has 4 rings (SSSR count). The molecule has 4 heteroatoms. The van der Waals surface area contributed by atoms with E-state index in [1.807, 2.05) is 12.1 Å². The van der Waals surface area contributed by atoms with Gasteiger partial charge in [0.05, 0.1) is 19.6 Å². The highest BCUT2D eigenvalue weighted by molar-refractivity contribution is 5.92. The minimum absolute atomic E-state index is 0.0415.